The van der Waals surface area contributed by atoms with Crippen LogP contribution in [-0.4, -0.2) is 11.4 Å². The topological polar surface area (TPSA) is 29.1 Å². The highest BCUT2D eigenvalue weighted by atomic mass is 79.9. The maximum Gasteiger partial charge on any atom is 0.220 e. The summed E-state index contributed by atoms with van der Waals surface area (Å²) in [6, 6.07) is 5.96. The van der Waals surface area contributed by atoms with Crippen LogP contribution >= 0.6 is 27.5 Å². The van der Waals surface area contributed by atoms with Gasteiger partial charge in [-0.15, -0.1) is 0 Å². The second kappa shape index (κ2) is 5.22. The van der Waals surface area contributed by atoms with Gasteiger partial charge in [-0.05, 0) is 52.4 Å². The first-order valence-corrected chi connectivity index (χ1v) is 7.35. The summed E-state index contributed by atoms with van der Waals surface area (Å²) in [6.45, 7) is 4.33. The average Bonchev–Trinajstić information content (AvgIpc) is 2.67. The van der Waals surface area contributed by atoms with E-state index < -0.39 is 0 Å². The molecule has 98 valence electrons. The molecule has 1 fully saturated rings. The van der Waals surface area contributed by atoms with E-state index in [1.165, 1.54) is 5.56 Å². The molecule has 2 nitrogen and oxygen atoms in total. The smallest absolute Gasteiger partial charge is 0.220 e. The molecule has 1 aliphatic heterocycles. The number of hydrogen-bond acceptors (Lipinski definition) is 1. The predicted molar refractivity (Wildman–Crippen MR) is 77.8 cm³/mol. The Morgan fingerprint density at radius 2 is 2.22 bits per heavy atom. The zero-order valence-corrected chi connectivity index (χ0v) is 12.9. The summed E-state index contributed by atoms with van der Waals surface area (Å²) < 4.78 is 0.907. The van der Waals surface area contributed by atoms with Gasteiger partial charge in [0, 0.05) is 16.4 Å². The van der Waals surface area contributed by atoms with Gasteiger partial charge in [0.1, 0.15) is 0 Å². The molecule has 1 aromatic rings. The normalized spacial score (nSPS) is 23.5. The summed E-state index contributed by atoms with van der Waals surface area (Å²) in [5.41, 5.74) is 1.09. The monoisotopic (exact) mass is 329 g/mol. The van der Waals surface area contributed by atoms with Crippen molar-refractivity contribution in [3.63, 3.8) is 0 Å². The number of carbonyl (C=O) groups is 1. The number of hydrogen-bond donors (Lipinski definition) is 1. The number of halogens is 2. The summed E-state index contributed by atoms with van der Waals surface area (Å²) >= 11 is 9.44. The third kappa shape index (κ3) is 2.72. The first-order valence-electron chi connectivity index (χ1n) is 6.18. The van der Waals surface area contributed by atoms with Crippen LogP contribution in [0.15, 0.2) is 22.7 Å². The van der Waals surface area contributed by atoms with Crippen LogP contribution in [0.4, 0.5) is 0 Å². The number of rotatable bonds is 3. The lowest BCUT2D eigenvalue weighted by atomic mass is 9.80. The minimum absolute atomic E-state index is 0.107. The van der Waals surface area contributed by atoms with E-state index in [2.05, 4.69) is 35.1 Å². The lowest BCUT2D eigenvalue weighted by Gasteiger charge is -2.33. The fourth-order valence-corrected chi connectivity index (χ4v) is 3.07. The van der Waals surface area contributed by atoms with E-state index in [4.69, 9.17) is 11.6 Å². The third-order valence-electron chi connectivity index (χ3n) is 3.80. The molecule has 0 spiro atoms. The molecule has 1 aromatic carbocycles. The first kappa shape index (κ1) is 13.9. The molecule has 1 amide bonds. The molecule has 0 aliphatic carbocycles. The van der Waals surface area contributed by atoms with Gasteiger partial charge in [0.25, 0.3) is 0 Å². The number of amides is 1. The molecule has 2 rings (SSSR count). The maximum atomic E-state index is 11.5. The van der Waals surface area contributed by atoms with Crippen molar-refractivity contribution in [2.75, 3.05) is 0 Å². The molecule has 18 heavy (non-hydrogen) atoms. The summed E-state index contributed by atoms with van der Waals surface area (Å²) in [5, 5.41) is 3.88. The van der Waals surface area contributed by atoms with Gasteiger partial charge in [-0.3, -0.25) is 4.79 Å². The van der Waals surface area contributed by atoms with Gasteiger partial charge < -0.3 is 5.32 Å². The van der Waals surface area contributed by atoms with Gasteiger partial charge in [0.2, 0.25) is 5.91 Å². The van der Waals surface area contributed by atoms with E-state index in [0.717, 1.165) is 17.3 Å². The van der Waals surface area contributed by atoms with Crippen molar-refractivity contribution in [1.29, 1.82) is 0 Å². The van der Waals surface area contributed by atoms with Crippen molar-refractivity contribution in [3.8, 4) is 0 Å². The quantitative estimate of drug-likeness (QED) is 0.893. The molecular formula is C14H17BrClNO. The fraction of sp³-hybridized carbons (Fsp3) is 0.500. The van der Waals surface area contributed by atoms with Gasteiger partial charge in [-0.2, -0.15) is 0 Å². The standard InChI is InChI=1S/C14H17BrClNO/c1-9(2)14(6-5-13(18)17-14)8-10-3-4-12(16)11(15)7-10/h3-4,7,9H,5-6,8H2,1-2H3,(H,17,18). The van der Waals surface area contributed by atoms with Crippen molar-refractivity contribution in [3.05, 3.63) is 33.3 Å². The van der Waals surface area contributed by atoms with Crippen LogP contribution < -0.4 is 5.32 Å². The van der Waals surface area contributed by atoms with Crippen molar-refractivity contribution in [2.45, 2.75) is 38.6 Å². The van der Waals surface area contributed by atoms with Crippen molar-refractivity contribution < 1.29 is 4.79 Å². The number of carbonyl (C=O) groups excluding carboxylic acids is 1. The highest BCUT2D eigenvalue weighted by Crippen LogP contribution is 2.33. The number of nitrogens with one attached hydrogen (secondary N) is 1. The van der Waals surface area contributed by atoms with E-state index in [1.54, 1.807) is 0 Å². The van der Waals surface area contributed by atoms with Crippen molar-refractivity contribution >= 4 is 33.4 Å². The van der Waals surface area contributed by atoms with Crippen LogP contribution in [0.25, 0.3) is 0 Å². The van der Waals surface area contributed by atoms with Gasteiger partial charge in [-0.25, -0.2) is 0 Å². The van der Waals surface area contributed by atoms with Gasteiger partial charge in [0.05, 0.1) is 5.02 Å². The molecule has 1 heterocycles. The zero-order chi connectivity index (χ0) is 13.3. The lowest BCUT2D eigenvalue weighted by Crippen LogP contribution is -2.48. The largest absolute Gasteiger partial charge is 0.350 e. The zero-order valence-electron chi connectivity index (χ0n) is 10.6. The Labute approximate surface area is 121 Å². The molecule has 0 aromatic heterocycles. The molecule has 0 bridgehead atoms. The molecule has 1 aliphatic rings. The van der Waals surface area contributed by atoms with Crippen LogP contribution in [0, 0.1) is 5.92 Å². The summed E-state index contributed by atoms with van der Waals surface area (Å²) in [5.74, 6) is 0.579. The molecular weight excluding hydrogens is 314 g/mol. The Bertz CT molecular complexity index is 475. The minimum atomic E-state index is -0.107. The highest BCUT2D eigenvalue weighted by molar-refractivity contribution is 9.10. The van der Waals surface area contributed by atoms with Gasteiger partial charge in [-0.1, -0.05) is 31.5 Å². The van der Waals surface area contributed by atoms with Crippen LogP contribution in [-0.2, 0) is 11.2 Å². The van der Waals surface area contributed by atoms with E-state index in [1.807, 2.05) is 18.2 Å². The Hall–Kier alpha value is -0.540. The number of benzene rings is 1. The van der Waals surface area contributed by atoms with Crippen molar-refractivity contribution in [1.82, 2.24) is 5.32 Å². The van der Waals surface area contributed by atoms with Crippen molar-refractivity contribution in [2.24, 2.45) is 5.92 Å². The van der Waals surface area contributed by atoms with Crippen LogP contribution in [0.1, 0.15) is 32.3 Å². The highest BCUT2D eigenvalue weighted by Gasteiger charge is 2.40. The Balaban J connectivity index is 2.24. The molecule has 4 heteroatoms. The summed E-state index contributed by atoms with van der Waals surface area (Å²) in [4.78, 5) is 11.5. The first-order chi connectivity index (χ1) is 8.43. The molecule has 0 saturated carbocycles. The fourth-order valence-electron chi connectivity index (χ4n) is 2.52. The SMILES string of the molecule is CC(C)C1(Cc2ccc(Cl)c(Br)c2)CCC(=O)N1. The predicted octanol–water partition coefficient (Wildman–Crippen LogP) is 3.95. The van der Waals surface area contributed by atoms with E-state index in [-0.39, 0.29) is 11.4 Å². The van der Waals surface area contributed by atoms with Gasteiger partial charge >= 0.3 is 0 Å². The minimum Gasteiger partial charge on any atom is -0.350 e. The molecule has 0 radical (unpaired) electrons. The Kier molecular flexibility index (Phi) is 4.02. The second-order valence-corrected chi connectivity index (χ2v) is 6.55. The van der Waals surface area contributed by atoms with Crippen LogP contribution in [0.2, 0.25) is 5.02 Å². The molecule has 1 N–H and O–H groups in total. The molecule has 1 atom stereocenters. The summed E-state index contributed by atoms with van der Waals surface area (Å²) in [6.07, 6.45) is 2.39. The summed E-state index contributed by atoms with van der Waals surface area (Å²) in [7, 11) is 0. The average molecular weight is 331 g/mol. The van der Waals surface area contributed by atoms with Crippen LogP contribution in [0.3, 0.4) is 0 Å². The maximum absolute atomic E-state index is 11.5. The van der Waals surface area contributed by atoms with Crippen LogP contribution in [0.5, 0.6) is 0 Å². The Morgan fingerprint density at radius 1 is 1.50 bits per heavy atom. The third-order valence-corrected chi connectivity index (χ3v) is 5.01. The lowest BCUT2D eigenvalue weighted by molar-refractivity contribution is -0.120. The van der Waals surface area contributed by atoms with E-state index in [0.29, 0.717) is 17.4 Å². The molecule has 1 unspecified atom stereocenters. The second-order valence-electron chi connectivity index (χ2n) is 5.28. The van der Waals surface area contributed by atoms with E-state index in [9.17, 15) is 4.79 Å². The Morgan fingerprint density at radius 3 is 2.72 bits per heavy atom. The molecule has 1 saturated heterocycles. The van der Waals surface area contributed by atoms with E-state index >= 15 is 0 Å². The van der Waals surface area contributed by atoms with Gasteiger partial charge in [0.15, 0.2) is 0 Å².